The number of amides is 1. The van der Waals surface area contributed by atoms with Gasteiger partial charge in [0.05, 0.1) is 12.7 Å². The lowest BCUT2D eigenvalue weighted by Gasteiger charge is -2.57. The molecule has 0 aromatic heterocycles. The number of nitrogens with one attached hydrogen (secondary N) is 2. The fraction of sp³-hybridized carbons (Fsp3) is 0.579. The molecule has 2 N–H and O–H groups in total. The predicted octanol–water partition coefficient (Wildman–Crippen LogP) is 4.03. The molecule has 0 saturated heterocycles. The Labute approximate surface area is 162 Å². The van der Waals surface area contributed by atoms with Crippen LogP contribution in [0, 0.1) is 17.8 Å². The summed E-state index contributed by atoms with van der Waals surface area (Å²) < 4.78 is 6.12. The summed E-state index contributed by atoms with van der Waals surface area (Å²) in [6.07, 6.45) is 7.72. The predicted molar refractivity (Wildman–Crippen MR) is 105 cm³/mol. The fourth-order valence-corrected chi connectivity index (χ4v) is 6.23. The van der Waals surface area contributed by atoms with Gasteiger partial charge in [0.2, 0.25) is 0 Å². The summed E-state index contributed by atoms with van der Waals surface area (Å²) in [6.45, 7) is 0. The molecule has 1 amide bonds. The number of ether oxygens (including phenoxy) is 1. The second-order valence-electron chi connectivity index (χ2n) is 7.95. The second-order valence-corrected chi connectivity index (χ2v) is 9.27. The molecule has 25 heavy (non-hydrogen) atoms. The van der Waals surface area contributed by atoms with Crippen LogP contribution in [0.25, 0.3) is 0 Å². The SMILES string of the molecule is COc1ccc(Br)cc1C(=O)NC(=S)NC12CC3CC(CC(C3)C1)C2. The first kappa shape index (κ1) is 17.3. The highest BCUT2D eigenvalue weighted by Crippen LogP contribution is 2.55. The minimum Gasteiger partial charge on any atom is -0.496 e. The number of halogens is 1. The van der Waals surface area contributed by atoms with Crippen molar-refractivity contribution in [2.45, 2.75) is 44.1 Å². The Morgan fingerprint density at radius 1 is 1.20 bits per heavy atom. The number of carbonyl (C=O) groups excluding carboxylic acids is 1. The molecule has 4 saturated carbocycles. The highest BCUT2D eigenvalue weighted by Gasteiger charge is 2.51. The Bertz CT molecular complexity index is 686. The van der Waals surface area contributed by atoms with Crippen molar-refractivity contribution < 1.29 is 9.53 Å². The van der Waals surface area contributed by atoms with E-state index in [-0.39, 0.29) is 11.4 Å². The number of benzene rings is 1. The molecule has 0 aliphatic heterocycles. The average Bonchev–Trinajstić information content (AvgIpc) is 2.52. The van der Waals surface area contributed by atoms with Gasteiger partial charge in [-0.1, -0.05) is 15.9 Å². The fourth-order valence-electron chi connectivity index (χ4n) is 5.56. The third kappa shape index (κ3) is 3.43. The van der Waals surface area contributed by atoms with Gasteiger partial charge in [0.15, 0.2) is 5.11 Å². The normalized spacial score (nSPS) is 32.3. The molecular formula is C19H23BrN2O2S. The minimum atomic E-state index is -0.236. The molecule has 4 nitrogen and oxygen atoms in total. The summed E-state index contributed by atoms with van der Waals surface area (Å²) in [5.74, 6) is 2.81. The Hall–Kier alpha value is -1.14. The van der Waals surface area contributed by atoms with Crippen LogP contribution in [0.4, 0.5) is 0 Å². The molecule has 5 rings (SSSR count). The zero-order valence-electron chi connectivity index (χ0n) is 14.3. The van der Waals surface area contributed by atoms with Gasteiger partial charge >= 0.3 is 0 Å². The van der Waals surface area contributed by atoms with Crippen molar-refractivity contribution >= 4 is 39.2 Å². The van der Waals surface area contributed by atoms with E-state index in [0.29, 0.717) is 16.4 Å². The topological polar surface area (TPSA) is 50.4 Å². The highest BCUT2D eigenvalue weighted by molar-refractivity contribution is 9.10. The van der Waals surface area contributed by atoms with Crippen LogP contribution in [0.3, 0.4) is 0 Å². The van der Waals surface area contributed by atoms with Crippen molar-refractivity contribution in [3.05, 3.63) is 28.2 Å². The maximum absolute atomic E-state index is 12.6. The first-order valence-electron chi connectivity index (χ1n) is 8.93. The summed E-state index contributed by atoms with van der Waals surface area (Å²) in [7, 11) is 1.56. The van der Waals surface area contributed by atoms with Crippen LogP contribution in [-0.4, -0.2) is 23.7 Å². The van der Waals surface area contributed by atoms with E-state index in [4.69, 9.17) is 17.0 Å². The van der Waals surface area contributed by atoms with Crippen molar-refractivity contribution in [1.82, 2.24) is 10.6 Å². The summed E-state index contributed by atoms with van der Waals surface area (Å²) >= 11 is 8.88. The summed E-state index contributed by atoms with van der Waals surface area (Å²) in [5.41, 5.74) is 0.576. The van der Waals surface area contributed by atoms with Gasteiger partial charge < -0.3 is 10.1 Å². The van der Waals surface area contributed by atoms with Crippen LogP contribution in [-0.2, 0) is 0 Å². The van der Waals surface area contributed by atoms with Crippen LogP contribution in [0.5, 0.6) is 5.75 Å². The van der Waals surface area contributed by atoms with Gasteiger partial charge in [-0.15, -0.1) is 0 Å². The zero-order valence-corrected chi connectivity index (χ0v) is 16.7. The average molecular weight is 423 g/mol. The molecule has 4 fully saturated rings. The third-order valence-corrected chi connectivity index (χ3v) is 6.75. The van der Waals surface area contributed by atoms with E-state index < -0.39 is 0 Å². The van der Waals surface area contributed by atoms with Crippen LogP contribution >= 0.6 is 28.1 Å². The number of thiocarbonyl (C=S) groups is 1. The van der Waals surface area contributed by atoms with E-state index in [1.54, 1.807) is 19.2 Å². The van der Waals surface area contributed by atoms with Crippen molar-refractivity contribution in [2.24, 2.45) is 17.8 Å². The molecule has 0 radical (unpaired) electrons. The number of carbonyl (C=O) groups is 1. The Morgan fingerprint density at radius 2 is 1.80 bits per heavy atom. The molecule has 1 aromatic rings. The van der Waals surface area contributed by atoms with E-state index in [0.717, 1.165) is 22.2 Å². The standard InChI is InChI=1S/C19H23BrN2O2S/c1-24-16-3-2-14(20)7-15(16)17(23)21-18(25)22-19-8-11-4-12(9-19)6-13(5-11)10-19/h2-3,7,11-13H,4-6,8-10H2,1H3,(H2,21,22,23,25). The first-order chi connectivity index (χ1) is 12.0. The van der Waals surface area contributed by atoms with E-state index >= 15 is 0 Å². The van der Waals surface area contributed by atoms with Gasteiger partial charge in [0.25, 0.3) is 5.91 Å². The number of rotatable bonds is 3. The van der Waals surface area contributed by atoms with Crippen LogP contribution in [0.15, 0.2) is 22.7 Å². The number of hydrogen-bond donors (Lipinski definition) is 2. The van der Waals surface area contributed by atoms with E-state index in [9.17, 15) is 4.79 Å². The van der Waals surface area contributed by atoms with Gasteiger partial charge in [-0.25, -0.2) is 0 Å². The lowest BCUT2D eigenvalue weighted by atomic mass is 9.53. The smallest absolute Gasteiger partial charge is 0.261 e. The highest BCUT2D eigenvalue weighted by atomic mass is 79.9. The minimum absolute atomic E-state index is 0.0977. The van der Waals surface area contributed by atoms with Crippen molar-refractivity contribution in [3.8, 4) is 5.75 Å². The van der Waals surface area contributed by atoms with Crippen LogP contribution < -0.4 is 15.4 Å². The van der Waals surface area contributed by atoms with E-state index in [1.807, 2.05) is 6.07 Å². The molecule has 0 heterocycles. The van der Waals surface area contributed by atoms with Gasteiger partial charge in [0.1, 0.15) is 5.75 Å². The Balaban J connectivity index is 1.44. The molecule has 4 aliphatic rings. The summed E-state index contributed by atoms with van der Waals surface area (Å²) in [6, 6.07) is 5.37. The summed E-state index contributed by atoms with van der Waals surface area (Å²) in [5, 5.41) is 6.82. The van der Waals surface area contributed by atoms with Gasteiger partial charge in [-0.2, -0.15) is 0 Å². The Morgan fingerprint density at radius 3 is 2.36 bits per heavy atom. The van der Waals surface area contributed by atoms with Crippen LogP contribution in [0.1, 0.15) is 48.9 Å². The van der Waals surface area contributed by atoms with Gasteiger partial charge in [0, 0.05) is 10.0 Å². The number of hydrogen-bond acceptors (Lipinski definition) is 3. The molecule has 0 spiro atoms. The third-order valence-electron chi connectivity index (χ3n) is 6.05. The largest absolute Gasteiger partial charge is 0.496 e. The molecule has 6 heteroatoms. The molecule has 134 valence electrons. The van der Waals surface area contributed by atoms with E-state index in [2.05, 4.69) is 26.6 Å². The first-order valence-corrected chi connectivity index (χ1v) is 10.1. The monoisotopic (exact) mass is 422 g/mol. The van der Waals surface area contributed by atoms with Crippen LogP contribution in [0.2, 0.25) is 0 Å². The second kappa shape index (κ2) is 6.54. The quantitative estimate of drug-likeness (QED) is 0.721. The Kier molecular flexibility index (Phi) is 4.52. The van der Waals surface area contributed by atoms with Gasteiger partial charge in [-0.05, 0) is 86.7 Å². The maximum atomic E-state index is 12.6. The lowest BCUT2D eigenvalue weighted by Crippen LogP contribution is -2.61. The maximum Gasteiger partial charge on any atom is 0.261 e. The van der Waals surface area contributed by atoms with Crippen molar-refractivity contribution in [2.75, 3.05) is 7.11 Å². The van der Waals surface area contributed by atoms with Crippen molar-refractivity contribution in [3.63, 3.8) is 0 Å². The molecule has 0 atom stereocenters. The van der Waals surface area contributed by atoms with Crippen molar-refractivity contribution in [1.29, 1.82) is 0 Å². The van der Waals surface area contributed by atoms with E-state index in [1.165, 1.54) is 38.5 Å². The molecule has 4 bridgehead atoms. The lowest BCUT2D eigenvalue weighted by molar-refractivity contribution is -0.0101. The zero-order chi connectivity index (χ0) is 17.6. The number of methoxy groups -OCH3 is 1. The molecule has 4 aliphatic carbocycles. The molecule has 0 unspecified atom stereocenters. The summed E-state index contributed by atoms with van der Waals surface area (Å²) in [4.78, 5) is 12.6. The van der Waals surface area contributed by atoms with Gasteiger partial charge in [-0.3, -0.25) is 10.1 Å². The molecular weight excluding hydrogens is 400 g/mol. The molecule has 1 aromatic carbocycles.